The van der Waals surface area contributed by atoms with E-state index in [1.165, 1.54) is 4.90 Å². The molecule has 0 radical (unpaired) electrons. The standard InChI is InChI=1S/C17H23N5O3/c1-20(2)16(25)22-10-14(23)18-11-17(22)8-9-21(12-17)15(24)19-13-6-4-3-5-7-13/h3-7H,8-12H2,1-2H3,(H,18,23)(H,19,24). The average Bonchev–Trinajstić information content (AvgIpc) is 3.02. The Morgan fingerprint density at radius 2 is 1.96 bits per heavy atom. The van der Waals surface area contributed by atoms with Crippen LogP contribution in [0.1, 0.15) is 6.42 Å². The minimum Gasteiger partial charge on any atom is -0.352 e. The maximum absolute atomic E-state index is 12.5. The Morgan fingerprint density at radius 3 is 2.64 bits per heavy atom. The fourth-order valence-electron chi connectivity index (χ4n) is 3.36. The number of nitrogens with one attached hydrogen (secondary N) is 2. The average molecular weight is 345 g/mol. The summed E-state index contributed by atoms with van der Waals surface area (Å²) < 4.78 is 0. The van der Waals surface area contributed by atoms with E-state index in [2.05, 4.69) is 10.6 Å². The molecule has 0 bridgehead atoms. The van der Waals surface area contributed by atoms with Crippen molar-refractivity contribution in [2.24, 2.45) is 0 Å². The number of para-hydroxylation sites is 1. The van der Waals surface area contributed by atoms with E-state index >= 15 is 0 Å². The lowest BCUT2D eigenvalue weighted by molar-refractivity contribution is -0.126. The second-order valence-corrected chi connectivity index (χ2v) is 6.73. The first-order valence-electron chi connectivity index (χ1n) is 8.28. The van der Waals surface area contributed by atoms with Crippen LogP contribution in [0, 0.1) is 0 Å². The molecule has 0 saturated carbocycles. The van der Waals surface area contributed by atoms with E-state index in [4.69, 9.17) is 0 Å². The normalized spacial score (nSPS) is 22.7. The van der Waals surface area contributed by atoms with Crippen LogP contribution in [0.25, 0.3) is 0 Å². The van der Waals surface area contributed by atoms with Crippen molar-refractivity contribution in [2.75, 3.05) is 45.6 Å². The molecule has 8 heteroatoms. The fraction of sp³-hybridized carbons (Fsp3) is 0.471. The summed E-state index contributed by atoms with van der Waals surface area (Å²) in [5, 5.41) is 5.71. The third kappa shape index (κ3) is 3.38. The van der Waals surface area contributed by atoms with Crippen molar-refractivity contribution in [2.45, 2.75) is 12.0 Å². The molecule has 1 aromatic rings. The number of carbonyl (C=O) groups excluding carboxylic acids is 3. The summed E-state index contributed by atoms with van der Waals surface area (Å²) >= 11 is 0. The molecule has 5 amide bonds. The highest BCUT2D eigenvalue weighted by Crippen LogP contribution is 2.30. The van der Waals surface area contributed by atoms with Crippen LogP contribution in [0.2, 0.25) is 0 Å². The van der Waals surface area contributed by atoms with Crippen LogP contribution in [-0.2, 0) is 4.79 Å². The van der Waals surface area contributed by atoms with Gasteiger partial charge in [-0.15, -0.1) is 0 Å². The molecule has 1 atom stereocenters. The van der Waals surface area contributed by atoms with E-state index in [1.54, 1.807) is 23.9 Å². The van der Waals surface area contributed by atoms with E-state index in [1.807, 2.05) is 30.3 Å². The van der Waals surface area contributed by atoms with Gasteiger partial charge in [0.1, 0.15) is 6.54 Å². The van der Waals surface area contributed by atoms with Crippen molar-refractivity contribution in [1.29, 1.82) is 0 Å². The van der Waals surface area contributed by atoms with Gasteiger partial charge in [0.25, 0.3) is 0 Å². The monoisotopic (exact) mass is 345 g/mol. The number of urea groups is 2. The number of piperazine rings is 1. The number of nitrogens with zero attached hydrogens (tertiary/aromatic N) is 3. The van der Waals surface area contributed by atoms with Gasteiger partial charge in [0.2, 0.25) is 5.91 Å². The van der Waals surface area contributed by atoms with Gasteiger partial charge < -0.3 is 25.3 Å². The number of amides is 5. The number of benzene rings is 1. The lowest BCUT2D eigenvalue weighted by Crippen LogP contribution is -2.67. The van der Waals surface area contributed by atoms with Crippen LogP contribution < -0.4 is 10.6 Å². The number of hydrogen-bond acceptors (Lipinski definition) is 3. The molecule has 25 heavy (non-hydrogen) atoms. The summed E-state index contributed by atoms with van der Waals surface area (Å²) in [5.74, 6) is -0.173. The molecule has 0 aliphatic carbocycles. The van der Waals surface area contributed by atoms with Crippen LogP contribution in [0.5, 0.6) is 0 Å². The summed E-state index contributed by atoms with van der Waals surface area (Å²) in [5.41, 5.74) is 0.176. The van der Waals surface area contributed by atoms with Gasteiger partial charge in [-0.1, -0.05) is 18.2 Å². The van der Waals surface area contributed by atoms with Crippen molar-refractivity contribution in [3.63, 3.8) is 0 Å². The highest BCUT2D eigenvalue weighted by Gasteiger charge is 2.49. The summed E-state index contributed by atoms with van der Waals surface area (Å²) in [6, 6.07) is 8.84. The Hall–Kier alpha value is -2.77. The van der Waals surface area contributed by atoms with Crippen molar-refractivity contribution < 1.29 is 14.4 Å². The first-order valence-corrected chi connectivity index (χ1v) is 8.28. The van der Waals surface area contributed by atoms with E-state index in [9.17, 15) is 14.4 Å². The highest BCUT2D eigenvalue weighted by molar-refractivity contribution is 5.90. The molecule has 8 nitrogen and oxygen atoms in total. The van der Waals surface area contributed by atoms with Gasteiger partial charge in [-0.05, 0) is 18.6 Å². The summed E-state index contributed by atoms with van der Waals surface area (Å²) in [4.78, 5) is 41.6. The molecule has 2 saturated heterocycles. The van der Waals surface area contributed by atoms with Crippen molar-refractivity contribution in [3.8, 4) is 0 Å². The molecule has 134 valence electrons. The molecular weight excluding hydrogens is 322 g/mol. The minimum atomic E-state index is -0.552. The Morgan fingerprint density at radius 1 is 1.24 bits per heavy atom. The van der Waals surface area contributed by atoms with Gasteiger partial charge in [0.15, 0.2) is 0 Å². The Labute approximate surface area is 146 Å². The number of rotatable bonds is 1. The van der Waals surface area contributed by atoms with Gasteiger partial charge in [0, 0.05) is 39.4 Å². The number of hydrogen-bond donors (Lipinski definition) is 2. The van der Waals surface area contributed by atoms with Crippen LogP contribution in [-0.4, -0.2) is 78.5 Å². The zero-order valence-corrected chi connectivity index (χ0v) is 14.5. The molecule has 2 heterocycles. The molecular formula is C17H23N5O3. The first kappa shape index (κ1) is 17.1. The molecule has 2 N–H and O–H groups in total. The van der Waals surface area contributed by atoms with Crippen molar-refractivity contribution in [1.82, 2.24) is 20.0 Å². The lowest BCUT2D eigenvalue weighted by Gasteiger charge is -2.45. The third-order valence-electron chi connectivity index (χ3n) is 4.75. The second kappa shape index (κ2) is 6.62. The molecule has 1 aromatic carbocycles. The van der Waals surface area contributed by atoms with E-state index in [-0.39, 0.29) is 24.5 Å². The van der Waals surface area contributed by atoms with Crippen molar-refractivity contribution >= 4 is 23.7 Å². The maximum atomic E-state index is 12.5. The molecule has 2 fully saturated rings. The predicted molar refractivity (Wildman–Crippen MR) is 93.2 cm³/mol. The molecule has 3 rings (SSSR count). The minimum absolute atomic E-state index is 0.0190. The van der Waals surface area contributed by atoms with Gasteiger partial charge in [0.05, 0.1) is 5.54 Å². The zero-order valence-electron chi connectivity index (χ0n) is 14.5. The molecule has 1 spiro atoms. The summed E-state index contributed by atoms with van der Waals surface area (Å²) in [7, 11) is 3.33. The Bertz CT molecular complexity index is 678. The zero-order chi connectivity index (χ0) is 18.0. The molecule has 1 unspecified atom stereocenters. The highest BCUT2D eigenvalue weighted by atomic mass is 16.2. The molecule has 0 aromatic heterocycles. The van der Waals surface area contributed by atoms with E-state index in [0.717, 1.165) is 5.69 Å². The predicted octanol–water partition coefficient (Wildman–Crippen LogP) is 0.776. The summed E-state index contributed by atoms with van der Waals surface area (Å²) in [6.07, 6.45) is 0.634. The van der Waals surface area contributed by atoms with Crippen LogP contribution in [0.3, 0.4) is 0 Å². The smallest absolute Gasteiger partial charge is 0.321 e. The van der Waals surface area contributed by atoms with Gasteiger partial charge in [-0.3, -0.25) is 4.79 Å². The van der Waals surface area contributed by atoms with Crippen LogP contribution in [0.15, 0.2) is 30.3 Å². The van der Waals surface area contributed by atoms with Gasteiger partial charge >= 0.3 is 12.1 Å². The Kier molecular flexibility index (Phi) is 4.52. The van der Waals surface area contributed by atoms with Gasteiger partial charge in [-0.25, -0.2) is 9.59 Å². The first-order chi connectivity index (χ1) is 11.9. The molecule has 2 aliphatic heterocycles. The number of anilines is 1. The van der Waals surface area contributed by atoms with Crippen LogP contribution in [0.4, 0.5) is 15.3 Å². The quantitative estimate of drug-likeness (QED) is 0.789. The number of carbonyl (C=O) groups is 3. The lowest BCUT2D eigenvalue weighted by atomic mass is 9.94. The fourth-order valence-corrected chi connectivity index (χ4v) is 3.36. The second-order valence-electron chi connectivity index (χ2n) is 6.73. The van der Waals surface area contributed by atoms with E-state index in [0.29, 0.717) is 26.1 Å². The Balaban J connectivity index is 1.73. The third-order valence-corrected chi connectivity index (χ3v) is 4.75. The van der Waals surface area contributed by atoms with Crippen LogP contribution >= 0.6 is 0 Å². The SMILES string of the molecule is CN(C)C(=O)N1CC(=O)NCC12CCN(C(=O)Nc1ccccc1)C2. The number of likely N-dealkylation sites (tertiary alicyclic amines) is 1. The topological polar surface area (TPSA) is 85.0 Å². The summed E-state index contributed by atoms with van der Waals surface area (Å²) in [6.45, 7) is 1.31. The van der Waals surface area contributed by atoms with E-state index < -0.39 is 5.54 Å². The largest absolute Gasteiger partial charge is 0.352 e. The van der Waals surface area contributed by atoms with Crippen molar-refractivity contribution in [3.05, 3.63) is 30.3 Å². The van der Waals surface area contributed by atoms with Gasteiger partial charge in [-0.2, -0.15) is 0 Å². The maximum Gasteiger partial charge on any atom is 0.321 e. The molecule has 2 aliphatic rings.